The molecule has 1 heterocycles. The lowest BCUT2D eigenvalue weighted by atomic mass is 9.61. The molecule has 0 saturated heterocycles. The molecule has 1 aromatic heterocycles. The Labute approximate surface area is 128 Å². The van der Waals surface area contributed by atoms with Crippen LogP contribution in [0, 0.1) is 17.3 Å². The predicted octanol–water partition coefficient (Wildman–Crippen LogP) is 3.40. The minimum Gasteiger partial charge on any atom is -0.481 e. The van der Waals surface area contributed by atoms with Gasteiger partial charge in [0.2, 0.25) is 0 Å². The van der Waals surface area contributed by atoms with Gasteiger partial charge in [0.1, 0.15) is 0 Å². The molecule has 21 heavy (non-hydrogen) atoms. The van der Waals surface area contributed by atoms with Crippen molar-refractivity contribution in [3.63, 3.8) is 0 Å². The second-order valence-corrected chi connectivity index (χ2v) is 7.08. The molecule has 0 aromatic carbocycles. The van der Waals surface area contributed by atoms with Gasteiger partial charge in [-0.25, -0.2) is 4.79 Å². The van der Waals surface area contributed by atoms with Crippen LogP contribution in [0.5, 0.6) is 0 Å². The van der Waals surface area contributed by atoms with Crippen LogP contribution < -0.4 is 10.6 Å². The summed E-state index contributed by atoms with van der Waals surface area (Å²) in [6.07, 6.45) is 1.29. The molecule has 0 radical (unpaired) electrons. The first-order valence-electron chi connectivity index (χ1n) is 7.15. The van der Waals surface area contributed by atoms with E-state index in [1.54, 1.807) is 0 Å². The molecule has 2 rings (SSSR count). The first kappa shape index (κ1) is 15.8. The largest absolute Gasteiger partial charge is 0.481 e. The molecule has 3 atom stereocenters. The van der Waals surface area contributed by atoms with Gasteiger partial charge in [-0.15, -0.1) is 0 Å². The number of thiophene rings is 1. The zero-order valence-corrected chi connectivity index (χ0v) is 13.4. The summed E-state index contributed by atoms with van der Waals surface area (Å²) < 4.78 is 0. The first-order chi connectivity index (χ1) is 9.82. The number of carboxylic acids is 1. The molecule has 116 valence electrons. The summed E-state index contributed by atoms with van der Waals surface area (Å²) in [5, 5.41) is 18.9. The summed E-state index contributed by atoms with van der Waals surface area (Å²) in [5.41, 5.74) is 0.438. The lowest BCUT2D eigenvalue weighted by molar-refractivity contribution is -0.150. The Balaban J connectivity index is 1.98. The number of nitrogens with one attached hydrogen (secondary N) is 2. The zero-order valence-electron chi connectivity index (χ0n) is 12.6. The topological polar surface area (TPSA) is 78.4 Å². The minimum atomic E-state index is -0.743. The minimum absolute atomic E-state index is 0.00534. The highest BCUT2D eigenvalue weighted by molar-refractivity contribution is 7.08. The number of hydrogen-bond acceptors (Lipinski definition) is 3. The smallest absolute Gasteiger partial charge is 0.319 e. The number of anilines is 1. The van der Waals surface area contributed by atoms with E-state index in [1.807, 2.05) is 37.6 Å². The fourth-order valence-corrected chi connectivity index (χ4v) is 3.70. The maximum Gasteiger partial charge on any atom is 0.319 e. The van der Waals surface area contributed by atoms with Crippen LogP contribution in [0.4, 0.5) is 10.5 Å². The van der Waals surface area contributed by atoms with Crippen LogP contribution in [-0.2, 0) is 4.79 Å². The molecule has 1 fully saturated rings. The Morgan fingerprint density at radius 1 is 1.38 bits per heavy atom. The number of aliphatic carboxylic acids is 1. The van der Waals surface area contributed by atoms with Crippen molar-refractivity contribution < 1.29 is 14.7 Å². The van der Waals surface area contributed by atoms with Gasteiger partial charge in [0, 0.05) is 11.4 Å². The highest BCUT2D eigenvalue weighted by Crippen LogP contribution is 2.45. The van der Waals surface area contributed by atoms with Crippen molar-refractivity contribution in [1.29, 1.82) is 0 Å². The molecule has 0 spiro atoms. The molecule has 3 N–H and O–H groups in total. The van der Waals surface area contributed by atoms with Crippen molar-refractivity contribution in [3.05, 3.63) is 16.8 Å². The number of amides is 2. The number of carboxylic acid groups (broad SMARTS) is 1. The van der Waals surface area contributed by atoms with Crippen molar-refractivity contribution >= 4 is 29.0 Å². The zero-order chi connectivity index (χ0) is 15.6. The number of urea groups is 1. The van der Waals surface area contributed by atoms with Gasteiger partial charge in [-0.2, -0.15) is 11.3 Å². The standard InChI is InChI=1S/C15H22N2O3S/c1-9-12(5-4-11(13(18)19)15(9,2)3)17-14(20)16-10-6-7-21-8-10/h6-9,11-12H,4-5H2,1-3H3,(H,18,19)(H2,16,17,20). The summed E-state index contributed by atoms with van der Waals surface area (Å²) >= 11 is 1.52. The van der Waals surface area contributed by atoms with E-state index in [4.69, 9.17) is 0 Å². The summed E-state index contributed by atoms with van der Waals surface area (Å²) in [6.45, 7) is 5.97. The van der Waals surface area contributed by atoms with E-state index >= 15 is 0 Å². The van der Waals surface area contributed by atoms with Crippen LogP contribution in [0.1, 0.15) is 33.6 Å². The molecule has 0 aliphatic heterocycles. The number of hydrogen-bond donors (Lipinski definition) is 3. The van der Waals surface area contributed by atoms with E-state index in [-0.39, 0.29) is 29.3 Å². The van der Waals surface area contributed by atoms with Crippen LogP contribution in [-0.4, -0.2) is 23.1 Å². The second-order valence-electron chi connectivity index (χ2n) is 6.30. The maximum atomic E-state index is 12.0. The van der Waals surface area contributed by atoms with Gasteiger partial charge in [-0.3, -0.25) is 4.79 Å². The molecule has 1 saturated carbocycles. The van der Waals surface area contributed by atoms with Gasteiger partial charge < -0.3 is 15.7 Å². The molecule has 3 unspecified atom stereocenters. The quantitative estimate of drug-likeness (QED) is 0.800. The van der Waals surface area contributed by atoms with Crippen LogP contribution in [0.3, 0.4) is 0 Å². The molecule has 1 aromatic rings. The van der Waals surface area contributed by atoms with Gasteiger partial charge in [0.05, 0.1) is 11.6 Å². The lowest BCUT2D eigenvalue weighted by Crippen LogP contribution is -2.53. The number of carbonyl (C=O) groups is 2. The summed E-state index contributed by atoms with van der Waals surface area (Å²) in [7, 11) is 0. The molecule has 6 heteroatoms. The van der Waals surface area contributed by atoms with Crippen LogP contribution in [0.25, 0.3) is 0 Å². The van der Waals surface area contributed by atoms with Crippen molar-refractivity contribution in [2.75, 3.05) is 5.32 Å². The highest BCUT2D eigenvalue weighted by atomic mass is 32.1. The van der Waals surface area contributed by atoms with Gasteiger partial charge >= 0.3 is 12.0 Å². The van der Waals surface area contributed by atoms with Crippen LogP contribution >= 0.6 is 11.3 Å². The average Bonchev–Trinajstić information content (AvgIpc) is 2.87. The molecule has 1 aliphatic carbocycles. The normalized spacial score (nSPS) is 27.9. The molecular formula is C15H22N2O3S. The Morgan fingerprint density at radius 3 is 2.67 bits per heavy atom. The highest BCUT2D eigenvalue weighted by Gasteiger charge is 2.46. The van der Waals surface area contributed by atoms with Crippen molar-refractivity contribution in [1.82, 2.24) is 5.32 Å². The number of carbonyl (C=O) groups excluding carboxylic acids is 1. The fraction of sp³-hybridized carbons (Fsp3) is 0.600. The van der Waals surface area contributed by atoms with E-state index in [0.29, 0.717) is 12.8 Å². The summed E-state index contributed by atoms with van der Waals surface area (Å²) in [4.78, 5) is 23.4. The fourth-order valence-electron chi connectivity index (χ4n) is 3.11. The SMILES string of the molecule is CC1C(NC(=O)Nc2ccsc2)CCC(C(=O)O)C1(C)C. The Kier molecular flexibility index (Phi) is 4.56. The first-order valence-corrected chi connectivity index (χ1v) is 8.09. The third kappa shape index (κ3) is 3.37. The second kappa shape index (κ2) is 6.05. The van der Waals surface area contributed by atoms with Crippen molar-refractivity contribution in [3.8, 4) is 0 Å². The molecule has 1 aliphatic rings. The molecule has 5 nitrogen and oxygen atoms in total. The monoisotopic (exact) mass is 310 g/mol. The predicted molar refractivity (Wildman–Crippen MR) is 83.6 cm³/mol. The van der Waals surface area contributed by atoms with Gasteiger partial charge in [-0.05, 0) is 35.6 Å². The number of rotatable bonds is 3. The third-order valence-corrected chi connectivity index (χ3v) is 5.52. The molecular weight excluding hydrogens is 288 g/mol. The van der Waals surface area contributed by atoms with E-state index < -0.39 is 5.97 Å². The van der Waals surface area contributed by atoms with E-state index in [1.165, 1.54) is 11.3 Å². The lowest BCUT2D eigenvalue weighted by Gasteiger charge is -2.46. The van der Waals surface area contributed by atoms with E-state index in [2.05, 4.69) is 10.6 Å². The Morgan fingerprint density at radius 2 is 2.10 bits per heavy atom. The Hall–Kier alpha value is -1.56. The van der Waals surface area contributed by atoms with Crippen molar-refractivity contribution in [2.24, 2.45) is 17.3 Å². The Bertz CT molecular complexity index is 513. The maximum absolute atomic E-state index is 12.0. The summed E-state index contributed by atoms with van der Waals surface area (Å²) in [6, 6.07) is 1.61. The van der Waals surface area contributed by atoms with E-state index in [9.17, 15) is 14.7 Å². The average molecular weight is 310 g/mol. The van der Waals surface area contributed by atoms with Crippen molar-refractivity contribution in [2.45, 2.75) is 39.7 Å². The van der Waals surface area contributed by atoms with Crippen LogP contribution in [0.2, 0.25) is 0 Å². The third-order valence-electron chi connectivity index (χ3n) is 4.84. The van der Waals surface area contributed by atoms with Gasteiger partial charge in [-0.1, -0.05) is 20.8 Å². The molecule has 2 amide bonds. The summed E-state index contributed by atoms with van der Waals surface area (Å²) in [5.74, 6) is -1.00. The van der Waals surface area contributed by atoms with Crippen LogP contribution in [0.15, 0.2) is 16.8 Å². The van der Waals surface area contributed by atoms with Gasteiger partial charge in [0.15, 0.2) is 0 Å². The van der Waals surface area contributed by atoms with E-state index in [0.717, 1.165) is 5.69 Å². The van der Waals surface area contributed by atoms with Gasteiger partial charge in [0.25, 0.3) is 0 Å². The molecule has 0 bridgehead atoms.